The van der Waals surface area contributed by atoms with E-state index in [0.717, 1.165) is 10.7 Å². The number of hydrogen-bond donors (Lipinski definition) is 1. The molecular weight excluding hydrogens is 350 g/mol. The quantitative estimate of drug-likeness (QED) is 0.875. The number of amides is 2. The SMILES string of the molecule is COc1cccc(C(=O)N2CCC(C(=O)NCc3nc(C)cs3)CC2)c1. The topological polar surface area (TPSA) is 71.5 Å². The predicted molar refractivity (Wildman–Crippen MR) is 100 cm³/mol. The van der Waals surface area contributed by atoms with Crippen molar-refractivity contribution < 1.29 is 14.3 Å². The molecule has 0 aliphatic carbocycles. The van der Waals surface area contributed by atoms with Crippen LogP contribution in [-0.4, -0.2) is 41.9 Å². The van der Waals surface area contributed by atoms with Crippen LogP contribution in [0.3, 0.4) is 0 Å². The van der Waals surface area contributed by atoms with E-state index in [9.17, 15) is 9.59 Å². The number of methoxy groups -OCH3 is 1. The van der Waals surface area contributed by atoms with Gasteiger partial charge in [0.15, 0.2) is 0 Å². The molecule has 1 N–H and O–H groups in total. The molecular formula is C19H23N3O3S. The number of aryl methyl sites for hydroxylation is 1. The standard InChI is InChI=1S/C19H23N3O3S/c1-13-12-26-17(21-13)11-20-18(23)14-6-8-22(9-7-14)19(24)15-4-3-5-16(10-15)25-2/h3-5,10,12,14H,6-9,11H2,1-2H3,(H,20,23). The summed E-state index contributed by atoms with van der Waals surface area (Å²) in [6.45, 7) is 3.59. The Hall–Kier alpha value is -2.41. The summed E-state index contributed by atoms with van der Waals surface area (Å²) in [5, 5.41) is 5.86. The van der Waals surface area contributed by atoms with Gasteiger partial charge in [-0.05, 0) is 38.0 Å². The van der Waals surface area contributed by atoms with Gasteiger partial charge in [-0.2, -0.15) is 0 Å². The number of nitrogens with zero attached hydrogens (tertiary/aromatic N) is 2. The highest BCUT2D eigenvalue weighted by Crippen LogP contribution is 2.21. The second-order valence-electron chi connectivity index (χ2n) is 6.40. The van der Waals surface area contributed by atoms with Crippen LogP contribution < -0.4 is 10.1 Å². The Morgan fingerprint density at radius 1 is 1.35 bits per heavy atom. The molecule has 0 spiro atoms. The second kappa shape index (κ2) is 8.31. The first kappa shape index (κ1) is 18.4. The zero-order valence-electron chi connectivity index (χ0n) is 15.0. The highest BCUT2D eigenvalue weighted by Gasteiger charge is 2.27. The van der Waals surface area contributed by atoms with Crippen molar-refractivity contribution in [3.8, 4) is 5.75 Å². The minimum atomic E-state index is -0.0505. The molecule has 7 heteroatoms. The second-order valence-corrected chi connectivity index (χ2v) is 7.34. The van der Waals surface area contributed by atoms with Crippen molar-refractivity contribution in [1.29, 1.82) is 0 Å². The summed E-state index contributed by atoms with van der Waals surface area (Å²) in [5.41, 5.74) is 1.59. The van der Waals surface area contributed by atoms with Crippen LogP contribution in [0.15, 0.2) is 29.6 Å². The fourth-order valence-electron chi connectivity index (χ4n) is 3.07. The highest BCUT2D eigenvalue weighted by atomic mass is 32.1. The van der Waals surface area contributed by atoms with Gasteiger partial charge in [0.1, 0.15) is 10.8 Å². The number of benzene rings is 1. The number of carbonyl (C=O) groups is 2. The van der Waals surface area contributed by atoms with Crippen LogP contribution in [0.4, 0.5) is 0 Å². The van der Waals surface area contributed by atoms with Gasteiger partial charge in [-0.25, -0.2) is 4.98 Å². The molecule has 0 saturated carbocycles. The van der Waals surface area contributed by atoms with Crippen LogP contribution in [0.2, 0.25) is 0 Å². The van der Waals surface area contributed by atoms with E-state index in [4.69, 9.17) is 4.74 Å². The van der Waals surface area contributed by atoms with Crippen LogP contribution in [0, 0.1) is 12.8 Å². The zero-order chi connectivity index (χ0) is 18.5. The normalized spacial score (nSPS) is 14.9. The summed E-state index contributed by atoms with van der Waals surface area (Å²) in [4.78, 5) is 31.1. The molecule has 1 aromatic carbocycles. The molecule has 0 bridgehead atoms. The van der Waals surface area contributed by atoms with Crippen LogP contribution in [-0.2, 0) is 11.3 Å². The molecule has 2 aromatic rings. The lowest BCUT2D eigenvalue weighted by molar-refractivity contribution is -0.126. The average Bonchev–Trinajstić information content (AvgIpc) is 3.11. The first-order valence-corrected chi connectivity index (χ1v) is 9.57. The number of nitrogens with one attached hydrogen (secondary N) is 1. The summed E-state index contributed by atoms with van der Waals surface area (Å²) in [7, 11) is 1.58. The zero-order valence-corrected chi connectivity index (χ0v) is 15.8. The lowest BCUT2D eigenvalue weighted by Gasteiger charge is -2.31. The first-order valence-electron chi connectivity index (χ1n) is 8.69. The largest absolute Gasteiger partial charge is 0.497 e. The van der Waals surface area contributed by atoms with Crippen molar-refractivity contribution in [3.05, 3.63) is 45.9 Å². The van der Waals surface area contributed by atoms with Gasteiger partial charge < -0.3 is 15.0 Å². The minimum absolute atomic E-state index is 0.0129. The maximum absolute atomic E-state index is 12.6. The molecule has 138 valence electrons. The Balaban J connectivity index is 1.50. The van der Waals surface area contributed by atoms with E-state index >= 15 is 0 Å². The highest BCUT2D eigenvalue weighted by molar-refractivity contribution is 7.09. The van der Waals surface area contributed by atoms with E-state index in [0.29, 0.717) is 43.8 Å². The van der Waals surface area contributed by atoms with E-state index in [1.807, 2.05) is 29.3 Å². The van der Waals surface area contributed by atoms with E-state index in [2.05, 4.69) is 10.3 Å². The Kier molecular flexibility index (Phi) is 5.88. The summed E-state index contributed by atoms with van der Waals surface area (Å²) in [6, 6.07) is 7.17. The Labute approximate surface area is 157 Å². The van der Waals surface area contributed by atoms with Crippen LogP contribution >= 0.6 is 11.3 Å². The minimum Gasteiger partial charge on any atom is -0.497 e. The van der Waals surface area contributed by atoms with Crippen molar-refractivity contribution in [3.63, 3.8) is 0 Å². The van der Waals surface area contributed by atoms with Gasteiger partial charge in [-0.3, -0.25) is 9.59 Å². The molecule has 26 heavy (non-hydrogen) atoms. The van der Waals surface area contributed by atoms with Crippen molar-refractivity contribution in [2.24, 2.45) is 5.92 Å². The molecule has 0 atom stereocenters. The smallest absolute Gasteiger partial charge is 0.253 e. The lowest BCUT2D eigenvalue weighted by atomic mass is 9.95. The molecule has 1 saturated heterocycles. The maximum Gasteiger partial charge on any atom is 0.253 e. The van der Waals surface area contributed by atoms with Gasteiger partial charge in [0, 0.05) is 35.6 Å². The Morgan fingerprint density at radius 3 is 2.77 bits per heavy atom. The van der Waals surface area contributed by atoms with Crippen LogP contribution in [0.1, 0.15) is 33.9 Å². The van der Waals surface area contributed by atoms with Gasteiger partial charge in [0.25, 0.3) is 5.91 Å². The molecule has 1 aliphatic rings. The number of hydrogen-bond acceptors (Lipinski definition) is 5. The van der Waals surface area contributed by atoms with Gasteiger partial charge in [-0.15, -0.1) is 11.3 Å². The Morgan fingerprint density at radius 2 is 2.12 bits per heavy atom. The van der Waals surface area contributed by atoms with Crippen molar-refractivity contribution in [1.82, 2.24) is 15.2 Å². The number of likely N-dealkylation sites (tertiary alicyclic amines) is 1. The summed E-state index contributed by atoms with van der Waals surface area (Å²) in [6.07, 6.45) is 1.36. The monoisotopic (exact) mass is 373 g/mol. The molecule has 2 heterocycles. The molecule has 1 aromatic heterocycles. The number of rotatable bonds is 5. The predicted octanol–water partition coefficient (Wildman–Crippen LogP) is 2.63. The summed E-state index contributed by atoms with van der Waals surface area (Å²) < 4.78 is 5.18. The third-order valence-corrected chi connectivity index (χ3v) is 5.52. The first-order chi connectivity index (χ1) is 12.6. The molecule has 1 fully saturated rings. The average molecular weight is 373 g/mol. The molecule has 0 radical (unpaired) electrons. The number of aromatic nitrogens is 1. The number of carbonyl (C=O) groups excluding carboxylic acids is 2. The molecule has 0 unspecified atom stereocenters. The Bertz CT molecular complexity index is 782. The van der Waals surface area contributed by atoms with Crippen molar-refractivity contribution >= 4 is 23.2 Å². The number of thiazole rings is 1. The maximum atomic E-state index is 12.6. The third-order valence-electron chi connectivity index (χ3n) is 4.55. The number of ether oxygens (including phenoxy) is 1. The van der Waals surface area contributed by atoms with E-state index in [-0.39, 0.29) is 17.7 Å². The van der Waals surface area contributed by atoms with E-state index in [1.54, 1.807) is 30.6 Å². The van der Waals surface area contributed by atoms with Crippen molar-refractivity contribution in [2.75, 3.05) is 20.2 Å². The molecule has 1 aliphatic heterocycles. The van der Waals surface area contributed by atoms with Crippen LogP contribution in [0.5, 0.6) is 5.75 Å². The van der Waals surface area contributed by atoms with Crippen molar-refractivity contribution in [2.45, 2.75) is 26.3 Å². The van der Waals surface area contributed by atoms with Gasteiger partial charge in [-0.1, -0.05) is 6.07 Å². The van der Waals surface area contributed by atoms with E-state index < -0.39 is 0 Å². The number of piperidine rings is 1. The molecule has 6 nitrogen and oxygen atoms in total. The third kappa shape index (κ3) is 4.40. The molecule has 2 amide bonds. The van der Waals surface area contributed by atoms with Crippen LogP contribution in [0.25, 0.3) is 0 Å². The molecule has 3 rings (SSSR count). The van der Waals surface area contributed by atoms with Gasteiger partial charge in [0.05, 0.1) is 13.7 Å². The van der Waals surface area contributed by atoms with Gasteiger partial charge in [0.2, 0.25) is 5.91 Å². The fraction of sp³-hybridized carbons (Fsp3) is 0.421. The fourth-order valence-corrected chi connectivity index (χ4v) is 3.79. The lowest BCUT2D eigenvalue weighted by Crippen LogP contribution is -2.42. The van der Waals surface area contributed by atoms with E-state index in [1.165, 1.54) is 0 Å². The summed E-state index contributed by atoms with van der Waals surface area (Å²) in [5.74, 6) is 0.653. The summed E-state index contributed by atoms with van der Waals surface area (Å²) >= 11 is 1.55. The van der Waals surface area contributed by atoms with Gasteiger partial charge >= 0.3 is 0 Å².